The highest BCUT2D eigenvalue weighted by Gasteiger charge is 2.17. The molecule has 0 amide bonds. The van der Waals surface area contributed by atoms with Crippen molar-refractivity contribution in [3.63, 3.8) is 0 Å². The van der Waals surface area contributed by atoms with E-state index >= 15 is 0 Å². The van der Waals surface area contributed by atoms with Crippen molar-refractivity contribution in [2.75, 3.05) is 0 Å². The fourth-order valence-electron chi connectivity index (χ4n) is 3.11. The van der Waals surface area contributed by atoms with Crippen molar-refractivity contribution in [2.45, 2.75) is 51.5 Å². The zero-order chi connectivity index (χ0) is 14.7. The summed E-state index contributed by atoms with van der Waals surface area (Å²) in [4.78, 5) is 12.3. The van der Waals surface area contributed by atoms with Crippen molar-refractivity contribution >= 4 is 5.78 Å². The molecule has 0 bridgehead atoms. The van der Waals surface area contributed by atoms with Crippen molar-refractivity contribution in [3.05, 3.63) is 53.3 Å². The van der Waals surface area contributed by atoms with Crippen molar-refractivity contribution in [1.82, 2.24) is 9.78 Å². The highest BCUT2D eigenvalue weighted by Crippen LogP contribution is 2.27. The van der Waals surface area contributed by atoms with Gasteiger partial charge in [-0.2, -0.15) is 5.10 Å². The molecule has 0 atom stereocenters. The first kappa shape index (κ1) is 14.1. The lowest BCUT2D eigenvalue weighted by Gasteiger charge is -2.21. The monoisotopic (exact) mass is 282 g/mol. The molecule has 1 aromatic carbocycles. The number of nitrogens with zero attached hydrogens (tertiary/aromatic N) is 2. The van der Waals surface area contributed by atoms with Crippen LogP contribution < -0.4 is 0 Å². The van der Waals surface area contributed by atoms with Crippen LogP contribution in [0.5, 0.6) is 0 Å². The Balaban J connectivity index is 1.68. The molecule has 0 spiro atoms. The van der Waals surface area contributed by atoms with Gasteiger partial charge in [0.15, 0.2) is 5.78 Å². The zero-order valence-corrected chi connectivity index (χ0v) is 12.6. The van der Waals surface area contributed by atoms with Crippen LogP contribution in [0.4, 0.5) is 0 Å². The Morgan fingerprint density at radius 1 is 1.24 bits per heavy atom. The topological polar surface area (TPSA) is 34.9 Å². The first-order chi connectivity index (χ1) is 10.2. The smallest absolute Gasteiger partial charge is 0.168 e. The second kappa shape index (κ2) is 6.25. The summed E-state index contributed by atoms with van der Waals surface area (Å²) in [5, 5.41) is 4.62. The summed E-state index contributed by atoms with van der Waals surface area (Å²) >= 11 is 0. The fourth-order valence-corrected chi connectivity index (χ4v) is 3.11. The third kappa shape index (κ3) is 3.41. The second-order valence-corrected chi connectivity index (χ2v) is 6.05. The molecule has 3 rings (SSSR count). The van der Waals surface area contributed by atoms with Gasteiger partial charge in [-0.3, -0.25) is 9.48 Å². The van der Waals surface area contributed by atoms with Crippen molar-refractivity contribution in [3.8, 4) is 0 Å². The van der Waals surface area contributed by atoms with Gasteiger partial charge in [0.2, 0.25) is 0 Å². The molecule has 0 unspecified atom stereocenters. The Kier molecular flexibility index (Phi) is 4.18. The normalized spacial score (nSPS) is 16.0. The number of carbonyl (C=O) groups is 1. The number of aromatic nitrogens is 2. The van der Waals surface area contributed by atoms with Gasteiger partial charge < -0.3 is 0 Å². The van der Waals surface area contributed by atoms with Crippen LogP contribution in [0.1, 0.15) is 59.8 Å². The summed E-state index contributed by atoms with van der Waals surface area (Å²) in [6.07, 6.45) is 8.79. The molecule has 1 aromatic heterocycles. The molecule has 3 heteroatoms. The average Bonchev–Trinajstić information content (AvgIpc) is 2.97. The first-order valence-electron chi connectivity index (χ1n) is 7.86. The molecule has 0 radical (unpaired) electrons. The van der Waals surface area contributed by atoms with Crippen LogP contribution in [0.3, 0.4) is 0 Å². The third-order valence-electron chi connectivity index (χ3n) is 4.29. The SMILES string of the molecule is Cc1cccc(C(=O)Cc2ccn(C3CCCCC3)n2)c1. The lowest BCUT2D eigenvalue weighted by Crippen LogP contribution is -2.14. The summed E-state index contributed by atoms with van der Waals surface area (Å²) in [5.74, 6) is 0.146. The highest BCUT2D eigenvalue weighted by atomic mass is 16.1. The lowest BCUT2D eigenvalue weighted by atomic mass is 9.96. The number of Topliss-reactive ketones (excluding diaryl/α,β-unsaturated/α-hetero) is 1. The van der Waals surface area contributed by atoms with Gasteiger partial charge in [-0.05, 0) is 31.9 Å². The average molecular weight is 282 g/mol. The Morgan fingerprint density at radius 2 is 2.05 bits per heavy atom. The number of rotatable bonds is 4. The number of benzene rings is 1. The maximum atomic E-state index is 12.3. The van der Waals surface area contributed by atoms with Crippen molar-refractivity contribution < 1.29 is 4.79 Å². The van der Waals surface area contributed by atoms with E-state index in [0.717, 1.165) is 16.8 Å². The van der Waals surface area contributed by atoms with Crippen LogP contribution >= 0.6 is 0 Å². The van der Waals surface area contributed by atoms with E-state index in [1.807, 2.05) is 43.5 Å². The van der Waals surface area contributed by atoms with Gasteiger partial charge in [0.25, 0.3) is 0 Å². The van der Waals surface area contributed by atoms with Crippen LogP contribution in [0.2, 0.25) is 0 Å². The molecule has 1 aliphatic carbocycles. The van der Waals surface area contributed by atoms with E-state index in [2.05, 4.69) is 9.78 Å². The fraction of sp³-hybridized carbons (Fsp3) is 0.444. The summed E-state index contributed by atoms with van der Waals surface area (Å²) in [6.45, 7) is 2.01. The maximum absolute atomic E-state index is 12.3. The van der Waals surface area contributed by atoms with Crippen LogP contribution in [-0.4, -0.2) is 15.6 Å². The largest absolute Gasteiger partial charge is 0.294 e. The van der Waals surface area contributed by atoms with E-state index in [0.29, 0.717) is 12.5 Å². The molecule has 0 saturated heterocycles. The van der Waals surface area contributed by atoms with Crippen LogP contribution in [0.15, 0.2) is 36.5 Å². The van der Waals surface area contributed by atoms with Crippen LogP contribution in [0.25, 0.3) is 0 Å². The van der Waals surface area contributed by atoms with E-state index in [1.54, 1.807) is 0 Å². The molecular weight excluding hydrogens is 260 g/mol. The Hall–Kier alpha value is -1.90. The minimum atomic E-state index is 0.146. The number of hydrogen-bond donors (Lipinski definition) is 0. The minimum absolute atomic E-state index is 0.146. The number of hydrogen-bond acceptors (Lipinski definition) is 2. The molecule has 1 saturated carbocycles. The van der Waals surface area contributed by atoms with Crippen LogP contribution in [0, 0.1) is 6.92 Å². The highest BCUT2D eigenvalue weighted by molar-refractivity contribution is 5.97. The Morgan fingerprint density at radius 3 is 2.81 bits per heavy atom. The van der Waals surface area contributed by atoms with Crippen LogP contribution in [-0.2, 0) is 6.42 Å². The standard InChI is InChI=1S/C18H22N2O/c1-14-6-5-7-15(12-14)18(21)13-16-10-11-20(19-16)17-8-3-2-4-9-17/h5-7,10-12,17H,2-4,8-9,13H2,1H3. The van der Waals surface area contributed by atoms with E-state index in [-0.39, 0.29) is 5.78 Å². The minimum Gasteiger partial charge on any atom is -0.294 e. The molecule has 3 nitrogen and oxygen atoms in total. The molecule has 1 fully saturated rings. The summed E-state index contributed by atoms with van der Waals surface area (Å²) < 4.78 is 2.07. The van der Waals surface area contributed by atoms with Gasteiger partial charge in [0.1, 0.15) is 0 Å². The summed E-state index contributed by atoms with van der Waals surface area (Å²) in [7, 11) is 0. The molecule has 0 aliphatic heterocycles. The first-order valence-corrected chi connectivity index (χ1v) is 7.86. The number of ketones is 1. The number of aryl methyl sites for hydroxylation is 1. The molecule has 1 heterocycles. The maximum Gasteiger partial charge on any atom is 0.168 e. The van der Waals surface area contributed by atoms with Gasteiger partial charge in [0, 0.05) is 11.8 Å². The van der Waals surface area contributed by atoms with E-state index in [9.17, 15) is 4.79 Å². The van der Waals surface area contributed by atoms with Crippen molar-refractivity contribution in [2.24, 2.45) is 0 Å². The van der Waals surface area contributed by atoms with E-state index in [1.165, 1.54) is 32.1 Å². The molecular formula is C18H22N2O. The predicted octanol–water partition coefficient (Wildman–Crippen LogP) is 4.12. The molecule has 1 aliphatic rings. The van der Waals surface area contributed by atoms with Gasteiger partial charge in [-0.25, -0.2) is 0 Å². The van der Waals surface area contributed by atoms with Crippen molar-refractivity contribution in [1.29, 1.82) is 0 Å². The second-order valence-electron chi connectivity index (χ2n) is 6.05. The predicted molar refractivity (Wildman–Crippen MR) is 83.6 cm³/mol. The van der Waals surface area contributed by atoms with Gasteiger partial charge in [-0.1, -0.05) is 43.0 Å². The zero-order valence-electron chi connectivity index (χ0n) is 12.6. The summed E-state index contributed by atoms with van der Waals surface area (Å²) in [6, 6.07) is 10.3. The molecule has 2 aromatic rings. The molecule has 21 heavy (non-hydrogen) atoms. The van der Waals surface area contributed by atoms with E-state index in [4.69, 9.17) is 0 Å². The van der Waals surface area contributed by atoms with Gasteiger partial charge in [-0.15, -0.1) is 0 Å². The Bertz CT molecular complexity index is 624. The quantitative estimate of drug-likeness (QED) is 0.791. The third-order valence-corrected chi connectivity index (χ3v) is 4.29. The van der Waals surface area contributed by atoms with Gasteiger partial charge in [0.05, 0.1) is 18.2 Å². The van der Waals surface area contributed by atoms with E-state index < -0.39 is 0 Å². The lowest BCUT2D eigenvalue weighted by molar-refractivity contribution is 0.0991. The summed E-state index contributed by atoms with van der Waals surface area (Å²) in [5.41, 5.74) is 2.78. The van der Waals surface area contributed by atoms with Gasteiger partial charge >= 0.3 is 0 Å². The number of carbonyl (C=O) groups excluding carboxylic acids is 1. The Labute approximate surface area is 126 Å². The molecule has 0 N–H and O–H groups in total. The molecule has 110 valence electrons.